The van der Waals surface area contributed by atoms with Crippen LogP contribution in [0.25, 0.3) is 0 Å². The van der Waals surface area contributed by atoms with Gasteiger partial charge in [0.15, 0.2) is 0 Å². The van der Waals surface area contributed by atoms with Crippen molar-refractivity contribution in [3.63, 3.8) is 0 Å². The summed E-state index contributed by atoms with van der Waals surface area (Å²) in [5, 5.41) is 15.3. The number of hydrogen-bond acceptors (Lipinski definition) is 2. The van der Waals surface area contributed by atoms with Crippen molar-refractivity contribution < 1.29 is 9.90 Å². The van der Waals surface area contributed by atoms with Crippen LogP contribution in [0.4, 0.5) is 4.79 Å². The van der Waals surface area contributed by atoms with Gasteiger partial charge in [0.2, 0.25) is 0 Å². The van der Waals surface area contributed by atoms with Gasteiger partial charge in [0.1, 0.15) is 0 Å². The van der Waals surface area contributed by atoms with E-state index in [2.05, 4.69) is 10.6 Å². The first kappa shape index (κ1) is 15.2. The molecule has 0 radical (unpaired) electrons. The zero-order chi connectivity index (χ0) is 12.8. The zero-order valence-corrected chi connectivity index (χ0v) is 11.1. The molecule has 0 aliphatic rings. The molecule has 0 aliphatic carbocycles. The number of amides is 2. The van der Waals surface area contributed by atoms with Crippen LogP contribution in [0, 0.1) is 5.41 Å². The van der Waals surface area contributed by atoms with Gasteiger partial charge >= 0.3 is 6.03 Å². The topological polar surface area (TPSA) is 61.4 Å². The Morgan fingerprint density at radius 2 is 1.75 bits per heavy atom. The molecule has 0 saturated carbocycles. The summed E-state index contributed by atoms with van der Waals surface area (Å²) < 4.78 is 0. The summed E-state index contributed by atoms with van der Waals surface area (Å²) in [4.78, 5) is 11.5. The molecule has 0 fully saturated rings. The van der Waals surface area contributed by atoms with Gasteiger partial charge in [0, 0.05) is 12.6 Å². The highest BCUT2D eigenvalue weighted by molar-refractivity contribution is 5.74. The number of aliphatic hydroxyl groups excluding tert-OH is 1. The van der Waals surface area contributed by atoms with Gasteiger partial charge in [-0.2, -0.15) is 0 Å². The zero-order valence-electron chi connectivity index (χ0n) is 11.1. The second kappa shape index (κ2) is 6.74. The van der Waals surface area contributed by atoms with Crippen molar-refractivity contribution in [2.75, 3.05) is 6.54 Å². The lowest BCUT2D eigenvalue weighted by Crippen LogP contribution is -2.46. The lowest BCUT2D eigenvalue weighted by molar-refractivity contribution is 0.0649. The average molecular weight is 230 g/mol. The number of urea groups is 1. The van der Waals surface area contributed by atoms with Crippen molar-refractivity contribution >= 4 is 6.03 Å². The van der Waals surface area contributed by atoms with Gasteiger partial charge in [0.25, 0.3) is 0 Å². The van der Waals surface area contributed by atoms with E-state index < -0.39 is 6.10 Å². The maximum atomic E-state index is 11.5. The smallest absolute Gasteiger partial charge is 0.315 e. The molecule has 0 aromatic heterocycles. The normalized spacial score (nSPS) is 13.7. The Morgan fingerprint density at radius 1 is 1.25 bits per heavy atom. The summed E-state index contributed by atoms with van der Waals surface area (Å²) in [6.07, 6.45) is 1.32. The highest BCUT2D eigenvalue weighted by Crippen LogP contribution is 2.17. The standard InChI is InChI=1S/C12H26N2O2/c1-6-9(7-2)14-11(16)13-8-10(15)12(3,4)5/h9-10,15H,6-8H2,1-5H3,(H2,13,14,16). The lowest BCUT2D eigenvalue weighted by Gasteiger charge is -2.26. The van der Waals surface area contributed by atoms with E-state index in [4.69, 9.17) is 0 Å². The molecule has 0 saturated heterocycles. The first-order valence-electron chi connectivity index (χ1n) is 6.03. The van der Waals surface area contributed by atoms with E-state index in [-0.39, 0.29) is 24.0 Å². The Hall–Kier alpha value is -0.770. The minimum absolute atomic E-state index is 0.197. The Kier molecular flexibility index (Phi) is 6.41. The van der Waals surface area contributed by atoms with Crippen LogP contribution in [0.2, 0.25) is 0 Å². The molecule has 0 heterocycles. The van der Waals surface area contributed by atoms with Gasteiger partial charge < -0.3 is 15.7 Å². The molecule has 2 amide bonds. The third kappa shape index (κ3) is 5.95. The molecule has 0 aliphatic heterocycles. The summed E-state index contributed by atoms with van der Waals surface area (Å²) >= 11 is 0. The maximum absolute atomic E-state index is 11.5. The molecule has 16 heavy (non-hydrogen) atoms. The van der Waals surface area contributed by atoms with E-state index >= 15 is 0 Å². The van der Waals surface area contributed by atoms with E-state index in [1.54, 1.807) is 0 Å². The fraction of sp³-hybridized carbons (Fsp3) is 0.917. The number of carbonyl (C=O) groups is 1. The summed E-state index contributed by atoms with van der Waals surface area (Å²) in [6, 6.07) is 0.0174. The minimum Gasteiger partial charge on any atom is -0.391 e. The van der Waals surface area contributed by atoms with Crippen molar-refractivity contribution in [2.24, 2.45) is 5.41 Å². The average Bonchev–Trinajstić information content (AvgIpc) is 2.20. The third-order valence-electron chi connectivity index (χ3n) is 2.78. The van der Waals surface area contributed by atoms with Gasteiger partial charge in [0.05, 0.1) is 6.10 Å². The fourth-order valence-corrected chi connectivity index (χ4v) is 1.22. The Balaban J connectivity index is 3.90. The van der Waals surface area contributed by atoms with E-state index in [0.29, 0.717) is 0 Å². The number of carbonyl (C=O) groups excluding carboxylic acids is 1. The second-order valence-corrected chi connectivity index (χ2v) is 5.25. The molecule has 4 nitrogen and oxygen atoms in total. The van der Waals surface area contributed by atoms with Crippen LogP contribution in [-0.4, -0.2) is 29.8 Å². The summed E-state index contributed by atoms with van der Waals surface area (Å²) in [5.74, 6) is 0. The molecule has 3 N–H and O–H groups in total. The van der Waals surface area contributed by atoms with E-state index in [9.17, 15) is 9.90 Å². The van der Waals surface area contributed by atoms with Crippen LogP contribution in [0.15, 0.2) is 0 Å². The number of aliphatic hydroxyl groups is 1. The molecule has 1 unspecified atom stereocenters. The van der Waals surface area contributed by atoms with E-state index in [0.717, 1.165) is 12.8 Å². The Morgan fingerprint density at radius 3 is 2.12 bits per heavy atom. The van der Waals surface area contributed by atoms with Crippen LogP contribution in [0.3, 0.4) is 0 Å². The van der Waals surface area contributed by atoms with Crippen molar-refractivity contribution in [1.82, 2.24) is 10.6 Å². The lowest BCUT2D eigenvalue weighted by atomic mass is 9.89. The number of hydrogen-bond donors (Lipinski definition) is 3. The predicted octanol–water partition coefficient (Wildman–Crippen LogP) is 1.88. The third-order valence-corrected chi connectivity index (χ3v) is 2.78. The summed E-state index contributed by atoms with van der Waals surface area (Å²) in [5.41, 5.74) is -0.206. The van der Waals surface area contributed by atoms with E-state index in [1.165, 1.54) is 0 Å². The highest BCUT2D eigenvalue weighted by Gasteiger charge is 2.22. The molecule has 0 bridgehead atoms. The highest BCUT2D eigenvalue weighted by atomic mass is 16.3. The molecular weight excluding hydrogens is 204 g/mol. The van der Waals surface area contributed by atoms with Crippen molar-refractivity contribution in [1.29, 1.82) is 0 Å². The molecule has 0 aromatic rings. The maximum Gasteiger partial charge on any atom is 0.315 e. The van der Waals surface area contributed by atoms with Gasteiger partial charge in [-0.1, -0.05) is 34.6 Å². The van der Waals surface area contributed by atoms with Crippen LogP contribution in [-0.2, 0) is 0 Å². The largest absolute Gasteiger partial charge is 0.391 e. The van der Waals surface area contributed by atoms with Crippen LogP contribution < -0.4 is 10.6 Å². The molecule has 0 spiro atoms. The Bertz CT molecular complexity index is 208. The predicted molar refractivity (Wildman–Crippen MR) is 66.4 cm³/mol. The first-order chi connectivity index (χ1) is 7.31. The SMILES string of the molecule is CCC(CC)NC(=O)NCC(O)C(C)(C)C. The van der Waals surface area contributed by atoms with Crippen molar-refractivity contribution in [3.8, 4) is 0 Å². The quantitative estimate of drug-likeness (QED) is 0.675. The molecule has 4 heteroatoms. The molecule has 96 valence electrons. The van der Waals surface area contributed by atoms with Gasteiger partial charge in [-0.05, 0) is 18.3 Å². The second-order valence-electron chi connectivity index (χ2n) is 5.25. The summed E-state index contributed by atoms with van der Waals surface area (Å²) in [7, 11) is 0. The molecular formula is C12H26N2O2. The molecule has 1 atom stereocenters. The monoisotopic (exact) mass is 230 g/mol. The Labute approximate surface area is 98.8 Å². The minimum atomic E-state index is -0.528. The first-order valence-corrected chi connectivity index (χ1v) is 6.03. The van der Waals surface area contributed by atoms with Crippen LogP contribution >= 0.6 is 0 Å². The van der Waals surface area contributed by atoms with Crippen LogP contribution in [0.1, 0.15) is 47.5 Å². The van der Waals surface area contributed by atoms with Crippen molar-refractivity contribution in [3.05, 3.63) is 0 Å². The van der Waals surface area contributed by atoms with Crippen LogP contribution in [0.5, 0.6) is 0 Å². The molecule has 0 rings (SSSR count). The fourth-order valence-electron chi connectivity index (χ4n) is 1.22. The molecule has 0 aromatic carbocycles. The van der Waals surface area contributed by atoms with E-state index in [1.807, 2.05) is 34.6 Å². The van der Waals surface area contributed by atoms with Crippen molar-refractivity contribution in [2.45, 2.75) is 59.6 Å². The van der Waals surface area contributed by atoms with Gasteiger partial charge in [-0.25, -0.2) is 4.79 Å². The number of rotatable bonds is 5. The summed E-state index contributed by atoms with van der Waals surface area (Å²) in [6.45, 7) is 10.2. The van der Waals surface area contributed by atoms with Gasteiger partial charge in [-0.15, -0.1) is 0 Å². The van der Waals surface area contributed by atoms with Gasteiger partial charge in [-0.3, -0.25) is 0 Å². The number of nitrogens with one attached hydrogen (secondary N) is 2.